The highest BCUT2D eigenvalue weighted by molar-refractivity contribution is 5.87. The second kappa shape index (κ2) is 11.3. The Hall–Kier alpha value is -1.29. The lowest BCUT2D eigenvalue weighted by atomic mass is 10.0. The van der Waals surface area contributed by atoms with E-state index in [9.17, 15) is 0 Å². The third kappa shape index (κ3) is 6.02. The lowest BCUT2D eigenvalue weighted by Gasteiger charge is -2.13. The average molecular weight is 338 g/mol. The molecule has 2 aromatic carbocycles. The molecule has 0 aliphatic heterocycles. The average Bonchev–Trinajstić information content (AvgIpc) is 2.57. The van der Waals surface area contributed by atoms with Gasteiger partial charge in [-0.2, -0.15) is 0 Å². The van der Waals surface area contributed by atoms with Gasteiger partial charge >= 0.3 is 0 Å². The largest absolute Gasteiger partial charge is 0.496 e. The Morgan fingerprint density at radius 1 is 1.00 bits per heavy atom. The van der Waals surface area contributed by atoms with Gasteiger partial charge in [-0.3, -0.25) is 0 Å². The third-order valence-electron chi connectivity index (χ3n) is 3.80. The van der Waals surface area contributed by atoms with Gasteiger partial charge in [0.15, 0.2) is 0 Å². The quantitative estimate of drug-likeness (QED) is 0.644. The number of benzene rings is 2. The molecule has 0 aliphatic rings. The topological polar surface area (TPSA) is 30.5 Å². The summed E-state index contributed by atoms with van der Waals surface area (Å²) >= 11 is 0. The number of unbranched alkanes of at least 4 members (excludes halogenated alkanes) is 1. The van der Waals surface area contributed by atoms with E-state index in [1.54, 1.807) is 7.11 Å². The van der Waals surface area contributed by atoms with Gasteiger partial charge in [-0.05, 0) is 36.2 Å². The van der Waals surface area contributed by atoms with E-state index in [1.165, 1.54) is 22.8 Å². The highest BCUT2D eigenvalue weighted by Crippen LogP contribution is 2.27. The molecule has 23 heavy (non-hydrogen) atoms. The summed E-state index contributed by atoms with van der Waals surface area (Å²) in [4.78, 5) is 0. The number of methoxy groups -OCH3 is 1. The minimum absolute atomic E-state index is 0. The second-order valence-corrected chi connectivity index (χ2v) is 5.46. The zero-order chi connectivity index (χ0) is 15.6. The number of ether oxygens (including phenoxy) is 2. The number of halogens is 1. The number of fused-ring (bicyclic) bond motifs is 1. The minimum Gasteiger partial charge on any atom is -0.496 e. The van der Waals surface area contributed by atoms with Gasteiger partial charge < -0.3 is 14.8 Å². The molecule has 0 fully saturated rings. The molecule has 0 amide bonds. The Morgan fingerprint density at radius 2 is 1.78 bits per heavy atom. The molecule has 0 radical (unpaired) electrons. The summed E-state index contributed by atoms with van der Waals surface area (Å²) in [7, 11) is 1.73. The van der Waals surface area contributed by atoms with Crippen LogP contribution in [-0.4, -0.2) is 26.9 Å². The van der Waals surface area contributed by atoms with Crippen LogP contribution < -0.4 is 10.1 Å². The first kappa shape index (κ1) is 19.8. The fourth-order valence-electron chi connectivity index (χ4n) is 2.55. The first-order valence-corrected chi connectivity index (χ1v) is 8.20. The van der Waals surface area contributed by atoms with Crippen molar-refractivity contribution in [2.24, 2.45) is 0 Å². The van der Waals surface area contributed by atoms with Gasteiger partial charge in [-0.15, -0.1) is 12.4 Å². The highest BCUT2D eigenvalue weighted by atomic mass is 35.5. The van der Waals surface area contributed by atoms with Gasteiger partial charge in [0.25, 0.3) is 0 Å². The van der Waals surface area contributed by atoms with E-state index < -0.39 is 0 Å². The first-order chi connectivity index (χ1) is 10.9. The molecule has 0 heterocycles. The Labute approximate surface area is 145 Å². The van der Waals surface area contributed by atoms with Gasteiger partial charge in [0.2, 0.25) is 0 Å². The monoisotopic (exact) mass is 337 g/mol. The van der Waals surface area contributed by atoms with Gasteiger partial charge in [-0.25, -0.2) is 0 Å². The van der Waals surface area contributed by atoms with Crippen molar-refractivity contribution < 1.29 is 9.47 Å². The molecule has 0 atom stereocenters. The number of hydrogen-bond acceptors (Lipinski definition) is 3. The molecule has 0 bridgehead atoms. The molecule has 128 valence electrons. The van der Waals surface area contributed by atoms with Crippen LogP contribution in [0.2, 0.25) is 0 Å². The molecule has 4 heteroatoms. The van der Waals surface area contributed by atoms with Crippen molar-refractivity contribution in [1.29, 1.82) is 0 Å². The SMILES string of the molecule is CCCCOCCCNCc1c(OC)ccc2ccccc12.Cl. The Kier molecular flexibility index (Phi) is 9.69. The van der Waals surface area contributed by atoms with Crippen molar-refractivity contribution in [2.45, 2.75) is 32.7 Å². The molecule has 2 aromatic rings. The van der Waals surface area contributed by atoms with E-state index >= 15 is 0 Å². The van der Waals surface area contributed by atoms with Gasteiger partial charge in [0.1, 0.15) is 5.75 Å². The lowest BCUT2D eigenvalue weighted by molar-refractivity contribution is 0.128. The number of rotatable bonds is 10. The van der Waals surface area contributed by atoms with Crippen LogP contribution in [0.25, 0.3) is 10.8 Å². The summed E-state index contributed by atoms with van der Waals surface area (Å²) in [5.74, 6) is 0.949. The van der Waals surface area contributed by atoms with Crippen LogP contribution >= 0.6 is 12.4 Å². The van der Waals surface area contributed by atoms with Crippen LogP contribution in [0.1, 0.15) is 31.7 Å². The molecule has 0 spiro atoms. The van der Waals surface area contributed by atoms with E-state index in [1.807, 2.05) is 6.07 Å². The molecule has 0 unspecified atom stereocenters. The van der Waals surface area contributed by atoms with Gasteiger partial charge in [0.05, 0.1) is 7.11 Å². The van der Waals surface area contributed by atoms with E-state index in [2.05, 4.69) is 42.6 Å². The fourth-order valence-corrected chi connectivity index (χ4v) is 2.55. The van der Waals surface area contributed by atoms with Crippen LogP contribution in [-0.2, 0) is 11.3 Å². The zero-order valence-electron chi connectivity index (χ0n) is 14.1. The van der Waals surface area contributed by atoms with Crippen LogP contribution in [0.15, 0.2) is 36.4 Å². The summed E-state index contributed by atoms with van der Waals surface area (Å²) in [5.41, 5.74) is 1.23. The van der Waals surface area contributed by atoms with E-state index in [0.29, 0.717) is 0 Å². The predicted octanol–water partition coefficient (Wildman–Crippen LogP) is 4.57. The Morgan fingerprint density at radius 3 is 2.57 bits per heavy atom. The summed E-state index contributed by atoms with van der Waals surface area (Å²) in [6.07, 6.45) is 3.39. The smallest absolute Gasteiger partial charge is 0.123 e. The zero-order valence-corrected chi connectivity index (χ0v) is 15.0. The molecule has 0 saturated carbocycles. The minimum atomic E-state index is 0. The second-order valence-electron chi connectivity index (χ2n) is 5.46. The van der Waals surface area contributed by atoms with Crippen LogP contribution in [0.5, 0.6) is 5.75 Å². The Balaban J connectivity index is 0.00000264. The molecule has 0 saturated heterocycles. The molecule has 1 N–H and O–H groups in total. The van der Waals surface area contributed by atoms with E-state index in [0.717, 1.165) is 44.9 Å². The molecule has 0 aliphatic carbocycles. The summed E-state index contributed by atoms with van der Waals surface area (Å²) in [5, 5.41) is 6.01. The number of hydrogen-bond donors (Lipinski definition) is 1. The van der Waals surface area contributed by atoms with Gasteiger partial charge in [0, 0.05) is 25.3 Å². The molecule has 2 rings (SSSR count). The van der Waals surface area contributed by atoms with Crippen molar-refractivity contribution >= 4 is 23.2 Å². The van der Waals surface area contributed by atoms with Crippen molar-refractivity contribution in [2.75, 3.05) is 26.9 Å². The first-order valence-electron chi connectivity index (χ1n) is 8.20. The van der Waals surface area contributed by atoms with E-state index in [4.69, 9.17) is 9.47 Å². The molecular formula is C19H28ClNO2. The lowest BCUT2D eigenvalue weighted by Crippen LogP contribution is -2.17. The van der Waals surface area contributed by atoms with Crippen LogP contribution in [0, 0.1) is 0 Å². The third-order valence-corrected chi connectivity index (χ3v) is 3.80. The maximum absolute atomic E-state index is 5.58. The van der Waals surface area contributed by atoms with Crippen LogP contribution in [0.4, 0.5) is 0 Å². The normalized spacial score (nSPS) is 10.5. The highest BCUT2D eigenvalue weighted by Gasteiger charge is 2.07. The van der Waals surface area contributed by atoms with Gasteiger partial charge in [-0.1, -0.05) is 43.7 Å². The Bertz CT molecular complexity index is 574. The molecular weight excluding hydrogens is 310 g/mol. The standard InChI is InChI=1S/C19H27NO2.ClH/c1-3-4-13-22-14-7-12-20-15-18-17-9-6-5-8-16(17)10-11-19(18)21-2;/h5-6,8-11,20H,3-4,7,12-15H2,1-2H3;1H. The number of nitrogens with one attached hydrogen (secondary N) is 1. The van der Waals surface area contributed by atoms with Crippen LogP contribution in [0.3, 0.4) is 0 Å². The molecule has 3 nitrogen and oxygen atoms in total. The maximum atomic E-state index is 5.58. The van der Waals surface area contributed by atoms with Crippen molar-refractivity contribution in [3.05, 3.63) is 42.0 Å². The molecule has 0 aromatic heterocycles. The summed E-state index contributed by atoms with van der Waals surface area (Å²) in [6.45, 7) is 5.67. The summed E-state index contributed by atoms with van der Waals surface area (Å²) in [6, 6.07) is 12.6. The van der Waals surface area contributed by atoms with E-state index in [-0.39, 0.29) is 12.4 Å². The van der Waals surface area contributed by atoms with Crippen molar-refractivity contribution in [3.63, 3.8) is 0 Å². The maximum Gasteiger partial charge on any atom is 0.123 e. The van der Waals surface area contributed by atoms with Crippen molar-refractivity contribution in [3.8, 4) is 5.75 Å². The fraction of sp³-hybridized carbons (Fsp3) is 0.474. The summed E-state index contributed by atoms with van der Waals surface area (Å²) < 4.78 is 11.1. The van der Waals surface area contributed by atoms with Crippen molar-refractivity contribution in [1.82, 2.24) is 5.32 Å². The predicted molar refractivity (Wildman–Crippen MR) is 99.8 cm³/mol.